The molecule has 0 aromatic carbocycles. The van der Waals surface area contributed by atoms with Crippen LogP contribution in [0, 0.1) is 0 Å². The molecule has 0 amide bonds. The number of furan rings is 1. The largest absolute Gasteiger partial charge is 0.428 e. The van der Waals surface area contributed by atoms with Crippen molar-refractivity contribution < 1.29 is 4.42 Å². The first kappa shape index (κ1) is 13.2. The highest BCUT2D eigenvalue weighted by atomic mass is 35.5. The number of aromatic nitrogens is 3. The smallest absolute Gasteiger partial charge is 0.208 e. The van der Waals surface area contributed by atoms with Gasteiger partial charge in [0.2, 0.25) is 5.88 Å². The molecule has 4 nitrogen and oxygen atoms in total. The summed E-state index contributed by atoms with van der Waals surface area (Å²) in [4.78, 5) is 9.20. The lowest BCUT2D eigenvalue weighted by atomic mass is 10.2. The fraction of sp³-hybridized carbons (Fsp3) is 0.333. The van der Waals surface area contributed by atoms with Gasteiger partial charge < -0.3 is 4.42 Å². The molecule has 0 bridgehead atoms. The Morgan fingerprint density at radius 2 is 2.33 bits per heavy atom. The molecule has 6 heteroatoms. The maximum Gasteiger partial charge on any atom is 0.208 e. The summed E-state index contributed by atoms with van der Waals surface area (Å²) >= 11 is 7.95. The van der Waals surface area contributed by atoms with Crippen molar-refractivity contribution in [3.63, 3.8) is 0 Å². The molecule has 1 aliphatic rings. The molecule has 3 aromatic heterocycles. The van der Waals surface area contributed by atoms with Crippen molar-refractivity contribution in [3.8, 4) is 5.88 Å². The van der Waals surface area contributed by atoms with E-state index in [0.717, 1.165) is 23.4 Å². The molecular formula is C15H14ClN3OS. The van der Waals surface area contributed by atoms with Crippen LogP contribution in [0.5, 0.6) is 0 Å². The molecule has 21 heavy (non-hydrogen) atoms. The molecule has 0 N–H and O–H groups in total. The first-order valence-electron chi connectivity index (χ1n) is 7.01. The predicted molar refractivity (Wildman–Crippen MR) is 85.3 cm³/mol. The molecule has 1 unspecified atom stereocenters. The Morgan fingerprint density at radius 3 is 3.10 bits per heavy atom. The van der Waals surface area contributed by atoms with Gasteiger partial charge >= 0.3 is 0 Å². The molecule has 1 saturated heterocycles. The number of rotatable bonds is 3. The van der Waals surface area contributed by atoms with E-state index in [1.807, 2.05) is 34.5 Å². The van der Waals surface area contributed by atoms with E-state index in [-0.39, 0.29) is 0 Å². The van der Waals surface area contributed by atoms with Gasteiger partial charge in [-0.15, -0.1) is 0 Å². The number of thioether (sulfide) groups is 1. The highest BCUT2D eigenvalue weighted by molar-refractivity contribution is 8.00. The van der Waals surface area contributed by atoms with Crippen LogP contribution in [0.1, 0.15) is 18.7 Å². The van der Waals surface area contributed by atoms with Crippen molar-refractivity contribution in [1.29, 1.82) is 0 Å². The van der Waals surface area contributed by atoms with Crippen LogP contribution in [0.25, 0.3) is 17.0 Å². The summed E-state index contributed by atoms with van der Waals surface area (Å²) in [5.74, 6) is 2.92. The number of pyridine rings is 1. The first-order valence-corrected chi connectivity index (χ1v) is 8.43. The second kappa shape index (κ2) is 5.39. The molecule has 0 spiro atoms. The Morgan fingerprint density at radius 1 is 1.38 bits per heavy atom. The quantitative estimate of drug-likeness (QED) is 0.729. The zero-order valence-electron chi connectivity index (χ0n) is 11.3. The van der Waals surface area contributed by atoms with Crippen LogP contribution < -0.4 is 0 Å². The second-order valence-electron chi connectivity index (χ2n) is 5.13. The third-order valence-electron chi connectivity index (χ3n) is 3.70. The van der Waals surface area contributed by atoms with E-state index >= 15 is 0 Å². The lowest BCUT2D eigenvalue weighted by molar-refractivity contribution is 0.535. The number of fused-ring (bicyclic) bond motifs is 1. The minimum absolute atomic E-state index is 0.379. The zero-order chi connectivity index (χ0) is 14.2. The van der Waals surface area contributed by atoms with E-state index in [2.05, 4.69) is 4.98 Å². The van der Waals surface area contributed by atoms with Crippen molar-refractivity contribution >= 4 is 34.5 Å². The number of hydrogen-bond donors (Lipinski definition) is 0. The van der Waals surface area contributed by atoms with Crippen LogP contribution >= 0.6 is 23.4 Å². The van der Waals surface area contributed by atoms with Gasteiger partial charge in [0.05, 0.1) is 0 Å². The SMILES string of the molecule is Clc1ccc(-n2c(CC3CCCS3)nc3cccnc32)o1. The Labute approximate surface area is 131 Å². The Bertz CT molecular complexity index is 776. The van der Waals surface area contributed by atoms with Crippen molar-refractivity contribution in [3.05, 3.63) is 41.5 Å². The normalized spacial score (nSPS) is 18.6. The van der Waals surface area contributed by atoms with Gasteiger partial charge in [0.1, 0.15) is 11.3 Å². The maximum atomic E-state index is 5.93. The molecule has 4 rings (SSSR count). The van der Waals surface area contributed by atoms with Gasteiger partial charge in [0.25, 0.3) is 0 Å². The predicted octanol–water partition coefficient (Wildman–Crippen LogP) is 4.11. The minimum Gasteiger partial charge on any atom is -0.428 e. The summed E-state index contributed by atoms with van der Waals surface area (Å²) in [6, 6.07) is 7.50. The van der Waals surface area contributed by atoms with E-state index in [4.69, 9.17) is 21.0 Å². The Balaban J connectivity index is 1.84. The topological polar surface area (TPSA) is 43.9 Å². The highest BCUT2D eigenvalue weighted by Crippen LogP contribution is 2.31. The molecular weight excluding hydrogens is 306 g/mol. The van der Waals surface area contributed by atoms with Gasteiger partial charge in [0.15, 0.2) is 10.9 Å². The third kappa shape index (κ3) is 2.45. The van der Waals surface area contributed by atoms with Crippen LogP contribution in [0.4, 0.5) is 0 Å². The van der Waals surface area contributed by atoms with E-state index in [9.17, 15) is 0 Å². The minimum atomic E-state index is 0.379. The number of nitrogens with zero attached hydrogens (tertiary/aromatic N) is 3. The lowest BCUT2D eigenvalue weighted by Gasteiger charge is -2.09. The van der Waals surface area contributed by atoms with Crippen LogP contribution in [0.2, 0.25) is 5.22 Å². The summed E-state index contributed by atoms with van der Waals surface area (Å²) in [5, 5.41) is 1.01. The van der Waals surface area contributed by atoms with Crippen molar-refractivity contribution in [2.24, 2.45) is 0 Å². The molecule has 0 aliphatic carbocycles. The van der Waals surface area contributed by atoms with Crippen LogP contribution in [-0.4, -0.2) is 25.5 Å². The maximum absolute atomic E-state index is 5.93. The monoisotopic (exact) mass is 319 g/mol. The average molecular weight is 320 g/mol. The molecule has 1 aliphatic heterocycles. The van der Waals surface area contributed by atoms with E-state index < -0.39 is 0 Å². The molecule has 3 aromatic rings. The van der Waals surface area contributed by atoms with Crippen LogP contribution in [0.3, 0.4) is 0 Å². The second-order valence-corrected chi connectivity index (χ2v) is 6.91. The zero-order valence-corrected chi connectivity index (χ0v) is 12.9. The molecule has 1 atom stereocenters. The average Bonchev–Trinajstić information content (AvgIpc) is 3.18. The van der Waals surface area contributed by atoms with Crippen LogP contribution in [0.15, 0.2) is 34.9 Å². The molecule has 0 saturated carbocycles. The molecule has 0 radical (unpaired) electrons. The van der Waals surface area contributed by atoms with Gasteiger partial charge in [0, 0.05) is 23.9 Å². The van der Waals surface area contributed by atoms with E-state index in [0.29, 0.717) is 16.4 Å². The number of hydrogen-bond acceptors (Lipinski definition) is 4. The van der Waals surface area contributed by atoms with Gasteiger partial charge in [-0.1, -0.05) is 0 Å². The first-order chi connectivity index (χ1) is 10.3. The molecule has 108 valence electrons. The third-order valence-corrected chi connectivity index (χ3v) is 5.30. The number of imidazole rings is 1. The van der Waals surface area contributed by atoms with Crippen LogP contribution in [-0.2, 0) is 6.42 Å². The number of halogens is 1. The summed E-state index contributed by atoms with van der Waals surface area (Å²) < 4.78 is 7.57. The summed E-state index contributed by atoms with van der Waals surface area (Å²) in [5.41, 5.74) is 1.71. The van der Waals surface area contributed by atoms with Gasteiger partial charge in [-0.25, -0.2) is 14.5 Å². The summed E-state index contributed by atoms with van der Waals surface area (Å²) in [6.07, 6.45) is 5.25. The molecule has 1 fully saturated rings. The summed E-state index contributed by atoms with van der Waals surface area (Å²) in [6.45, 7) is 0. The Kier molecular flexibility index (Phi) is 3.39. The van der Waals surface area contributed by atoms with Crippen molar-refractivity contribution in [1.82, 2.24) is 14.5 Å². The van der Waals surface area contributed by atoms with Crippen molar-refractivity contribution in [2.75, 3.05) is 5.75 Å². The Hall–Kier alpha value is -1.46. The lowest BCUT2D eigenvalue weighted by Crippen LogP contribution is -2.08. The van der Waals surface area contributed by atoms with E-state index in [1.165, 1.54) is 18.6 Å². The fourth-order valence-electron chi connectivity index (χ4n) is 2.76. The van der Waals surface area contributed by atoms with Crippen molar-refractivity contribution in [2.45, 2.75) is 24.5 Å². The van der Waals surface area contributed by atoms with Gasteiger partial charge in [-0.05, 0) is 48.4 Å². The summed E-state index contributed by atoms with van der Waals surface area (Å²) in [7, 11) is 0. The fourth-order valence-corrected chi connectivity index (χ4v) is 4.17. The van der Waals surface area contributed by atoms with Gasteiger partial charge in [-0.2, -0.15) is 11.8 Å². The highest BCUT2D eigenvalue weighted by Gasteiger charge is 2.22. The standard InChI is InChI=1S/C15H14ClN3OS/c16-12-5-6-14(20-12)19-13(9-10-3-2-8-21-10)18-11-4-1-7-17-15(11)19/h1,4-7,10H,2-3,8-9H2. The van der Waals surface area contributed by atoms with E-state index in [1.54, 1.807) is 12.3 Å². The molecule has 4 heterocycles. The van der Waals surface area contributed by atoms with Gasteiger partial charge in [-0.3, -0.25) is 0 Å².